The Hall–Kier alpha value is -4.01. The van der Waals surface area contributed by atoms with Crippen molar-refractivity contribution in [3.63, 3.8) is 0 Å². The number of nitrogens with two attached hydrogens (primary N) is 1. The molecule has 2 aromatic rings. The predicted molar refractivity (Wildman–Crippen MR) is 140 cm³/mol. The van der Waals surface area contributed by atoms with Gasteiger partial charge in [0.25, 0.3) is 5.91 Å². The number of amides is 1. The van der Waals surface area contributed by atoms with Crippen LogP contribution in [0.4, 0.5) is 5.69 Å². The number of hydrogen-bond acceptors (Lipinski definition) is 8. The standard InChI is InChI=1S/C28H32N4O5/c1-5-36-26(34)20-13-18-9-8-17(14-22(18)31-24(29)15-20)19-10-11-21(30-16-19)25(33)32-12-6-7-23(32)27(35)37-28(2,3)4/h8-11,13-14,16,23H,5-7,12,15H2,1-4H3,(H2,29,31)/t23-/m1/s1. The Balaban J connectivity index is 1.54. The van der Waals surface area contributed by atoms with Crippen molar-refractivity contribution in [1.82, 2.24) is 9.88 Å². The summed E-state index contributed by atoms with van der Waals surface area (Å²) in [5, 5.41) is 0. The first-order valence-electron chi connectivity index (χ1n) is 12.4. The lowest BCUT2D eigenvalue weighted by Crippen LogP contribution is -2.43. The molecule has 0 spiro atoms. The molecule has 9 heteroatoms. The van der Waals surface area contributed by atoms with Crippen molar-refractivity contribution in [2.24, 2.45) is 10.7 Å². The number of pyridine rings is 1. The molecule has 1 saturated heterocycles. The minimum Gasteiger partial charge on any atom is -0.463 e. The molecular weight excluding hydrogens is 472 g/mol. The second-order valence-corrected chi connectivity index (χ2v) is 10.1. The minimum absolute atomic E-state index is 0.210. The third kappa shape index (κ3) is 6.04. The molecule has 0 unspecified atom stereocenters. The zero-order valence-electron chi connectivity index (χ0n) is 21.6. The molecule has 37 heavy (non-hydrogen) atoms. The van der Waals surface area contributed by atoms with Gasteiger partial charge in [-0.25, -0.2) is 14.6 Å². The van der Waals surface area contributed by atoms with Crippen molar-refractivity contribution in [2.75, 3.05) is 13.2 Å². The lowest BCUT2D eigenvalue weighted by molar-refractivity contribution is -0.159. The monoisotopic (exact) mass is 504 g/mol. The number of carbonyl (C=O) groups excluding carboxylic acids is 3. The molecule has 1 fully saturated rings. The number of amidine groups is 1. The summed E-state index contributed by atoms with van der Waals surface area (Å²) in [5.41, 5.74) is 9.16. The number of likely N-dealkylation sites (tertiary alicyclic amines) is 1. The zero-order valence-corrected chi connectivity index (χ0v) is 21.6. The average Bonchev–Trinajstić information content (AvgIpc) is 3.27. The summed E-state index contributed by atoms with van der Waals surface area (Å²) >= 11 is 0. The van der Waals surface area contributed by atoms with Gasteiger partial charge in [-0.05, 0) is 64.3 Å². The van der Waals surface area contributed by atoms with Crippen molar-refractivity contribution in [1.29, 1.82) is 0 Å². The Morgan fingerprint density at radius 3 is 2.57 bits per heavy atom. The summed E-state index contributed by atoms with van der Waals surface area (Å²) in [6, 6.07) is 8.49. The Kier molecular flexibility index (Phi) is 7.42. The van der Waals surface area contributed by atoms with Crippen LogP contribution in [-0.2, 0) is 19.1 Å². The van der Waals surface area contributed by atoms with E-state index in [1.807, 2.05) is 45.0 Å². The van der Waals surface area contributed by atoms with Crippen LogP contribution in [-0.4, -0.2) is 58.4 Å². The third-order valence-corrected chi connectivity index (χ3v) is 6.04. The number of rotatable bonds is 5. The van der Waals surface area contributed by atoms with E-state index in [0.29, 0.717) is 30.1 Å². The highest BCUT2D eigenvalue weighted by molar-refractivity contribution is 6.03. The van der Waals surface area contributed by atoms with Gasteiger partial charge in [0.1, 0.15) is 23.2 Å². The number of fused-ring (bicyclic) bond motifs is 1. The highest BCUT2D eigenvalue weighted by Crippen LogP contribution is 2.32. The van der Waals surface area contributed by atoms with E-state index in [9.17, 15) is 14.4 Å². The maximum absolute atomic E-state index is 13.2. The topological polar surface area (TPSA) is 124 Å². The molecule has 0 radical (unpaired) electrons. The zero-order chi connectivity index (χ0) is 26.7. The van der Waals surface area contributed by atoms with E-state index in [1.54, 1.807) is 30.2 Å². The van der Waals surface area contributed by atoms with Crippen LogP contribution in [0.1, 0.15) is 63.0 Å². The first kappa shape index (κ1) is 26.1. The summed E-state index contributed by atoms with van der Waals surface area (Å²) in [5.74, 6) is -0.774. The van der Waals surface area contributed by atoms with E-state index in [0.717, 1.165) is 23.1 Å². The highest BCUT2D eigenvalue weighted by atomic mass is 16.6. The fraction of sp³-hybridized carbons (Fsp3) is 0.393. The molecule has 1 aromatic heterocycles. The molecule has 1 amide bonds. The number of nitrogens with zero attached hydrogens (tertiary/aromatic N) is 3. The maximum atomic E-state index is 13.2. The molecule has 2 N–H and O–H groups in total. The van der Waals surface area contributed by atoms with Gasteiger partial charge in [0, 0.05) is 35.9 Å². The average molecular weight is 505 g/mol. The first-order chi connectivity index (χ1) is 17.6. The summed E-state index contributed by atoms with van der Waals surface area (Å²) < 4.78 is 10.6. The van der Waals surface area contributed by atoms with Crippen LogP contribution in [0, 0.1) is 0 Å². The van der Waals surface area contributed by atoms with Gasteiger partial charge in [0.15, 0.2) is 0 Å². The van der Waals surface area contributed by atoms with Crippen LogP contribution in [0.25, 0.3) is 17.2 Å². The molecule has 194 valence electrons. The normalized spacial score (nSPS) is 17.3. The summed E-state index contributed by atoms with van der Waals surface area (Å²) in [6.45, 7) is 7.95. The highest BCUT2D eigenvalue weighted by Gasteiger charge is 2.37. The van der Waals surface area contributed by atoms with Crippen LogP contribution in [0.15, 0.2) is 47.1 Å². The summed E-state index contributed by atoms with van der Waals surface area (Å²) in [7, 11) is 0. The van der Waals surface area contributed by atoms with Gasteiger partial charge in [-0.2, -0.15) is 0 Å². The second-order valence-electron chi connectivity index (χ2n) is 10.1. The van der Waals surface area contributed by atoms with Gasteiger partial charge in [-0.3, -0.25) is 9.78 Å². The quantitative estimate of drug-likeness (QED) is 0.610. The molecule has 1 aromatic carbocycles. The number of aliphatic imine (C=N–C) groups is 1. The number of carbonyl (C=O) groups is 3. The van der Waals surface area contributed by atoms with Crippen LogP contribution in [0.5, 0.6) is 0 Å². The fourth-order valence-electron chi connectivity index (χ4n) is 4.39. The van der Waals surface area contributed by atoms with E-state index in [4.69, 9.17) is 15.2 Å². The number of ether oxygens (including phenoxy) is 2. The predicted octanol–water partition coefficient (Wildman–Crippen LogP) is 4.03. The fourth-order valence-corrected chi connectivity index (χ4v) is 4.39. The Morgan fingerprint density at radius 1 is 1.14 bits per heavy atom. The molecule has 9 nitrogen and oxygen atoms in total. The van der Waals surface area contributed by atoms with E-state index in [2.05, 4.69) is 9.98 Å². The van der Waals surface area contributed by atoms with Gasteiger partial charge in [0.2, 0.25) is 0 Å². The molecule has 1 atom stereocenters. The van der Waals surface area contributed by atoms with Crippen molar-refractivity contribution in [3.8, 4) is 11.1 Å². The first-order valence-corrected chi connectivity index (χ1v) is 12.4. The minimum atomic E-state index is -0.618. The lowest BCUT2D eigenvalue weighted by Gasteiger charge is -2.27. The smallest absolute Gasteiger partial charge is 0.334 e. The molecule has 0 bridgehead atoms. The van der Waals surface area contributed by atoms with Crippen LogP contribution in [0.3, 0.4) is 0 Å². The Labute approximate surface area is 216 Å². The van der Waals surface area contributed by atoms with Crippen molar-refractivity contribution < 1.29 is 23.9 Å². The number of esters is 2. The SMILES string of the molecule is CCOC(=O)C1=Cc2ccc(-c3ccc(C(=O)N4CCC[C@@H]4C(=O)OC(C)(C)C)nc3)cc2N=C(N)C1. The molecular formula is C28H32N4O5. The van der Waals surface area contributed by atoms with Crippen molar-refractivity contribution >= 4 is 35.4 Å². The number of aromatic nitrogens is 1. The van der Waals surface area contributed by atoms with Crippen LogP contribution in [0.2, 0.25) is 0 Å². The van der Waals surface area contributed by atoms with E-state index < -0.39 is 17.6 Å². The largest absolute Gasteiger partial charge is 0.463 e. The van der Waals surface area contributed by atoms with Crippen LogP contribution >= 0.6 is 0 Å². The van der Waals surface area contributed by atoms with Crippen LogP contribution < -0.4 is 5.73 Å². The molecule has 4 rings (SSSR count). The van der Waals surface area contributed by atoms with E-state index in [1.165, 1.54) is 0 Å². The van der Waals surface area contributed by atoms with Crippen molar-refractivity contribution in [2.45, 2.75) is 58.6 Å². The molecule has 0 aliphatic carbocycles. The van der Waals surface area contributed by atoms with Gasteiger partial charge in [-0.15, -0.1) is 0 Å². The molecule has 3 heterocycles. The molecule has 2 aliphatic rings. The van der Waals surface area contributed by atoms with Gasteiger partial charge in [-0.1, -0.05) is 18.2 Å². The number of hydrogen-bond donors (Lipinski definition) is 1. The van der Waals surface area contributed by atoms with Gasteiger partial charge in [0.05, 0.1) is 12.3 Å². The Bertz CT molecular complexity index is 1270. The maximum Gasteiger partial charge on any atom is 0.334 e. The van der Waals surface area contributed by atoms with Gasteiger partial charge >= 0.3 is 11.9 Å². The third-order valence-electron chi connectivity index (χ3n) is 6.04. The second kappa shape index (κ2) is 10.5. The summed E-state index contributed by atoms with van der Waals surface area (Å²) in [6.07, 6.45) is 4.89. The molecule has 2 aliphatic heterocycles. The van der Waals surface area contributed by atoms with E-state index >= 15 is 0 Å². The van der Waals surface area contributed by atoms with Gasteiger partial charge < -0.3 is 20.1 Å². The number of benzene rings is 1. The van der Waals surface area contributed by atoms with Crippen molar-refractivity contribution in [3.05, 3.63) is 53.4 Å². The van der Waals surface area contributed by atoms with E-state index in [-0.39, 0.29) is 30.6 Å². The molecule has 0 saturated carbocycles. The Morgan fingerprint density at radius 2 is 1.89 bits per heavy atom. The lowest BCUT2D eigenvalue weighted by atomic mass is 10.0. The summed E-state index contributed by atoms with van der Waals surface area (Å²) in [4.78, 5) is 48.4.